The maximum absolute atomic E-state index is 13.0. The van der Waals surface area contributed by atoms with Crippen molar-refractivity contribution in [2.45, 2.75) is 18.8 Å². The summed E-state index contributed by atoms with van der Waals surface area (Å²) in [4.78, 5) is 0. The third-order valence-electron chi connectivity index (χ3n) is 2.00. The molecule has 0 saturated heterocycles. The van der Waals surface area contributed by atoms with Gasteiger partial charge in [-0.3, -0.25) is 0 Å². The Hall–Kier alpha value is -1.05. The summed E-state index contributed by atoms with van der Waals surface area (Å²) < 4.78 is 13.0. The second kappa shape index (κ2) is 2.22. The Morgan fingerprint density at radius 1 is 1.36 bits per heavy atom. The molecule has 0 spiro atoms. The van der Waals surface area contributed by atoms with Gasteiger partial charge in [0.1, 0.15) is 11.6 Å². The fourth-order valence-electron chi connectivity index (χ4n) is 1.24. The van der Waals surface area contributed by atoms with Gasteiger partial charge in [-0.1, -0.05) is 6.07 Å². The van der Waals surface area contributed by atoms with E-state index in [1.165, 1.54) is 12.1 Å². The highest BCUT2D eigenvalue weighted by Crippen LogP contribution is 2.41. The molecule has 2 rings (SSSR count). The molecule has 58 valence electrons. The van der Waals surface area contributed by atoms with Crippen LogP contribution in [0.5, 0.6) is 5.75 Å². The predicted octanol–water partition coefficient (Wildman–Crippen LogP) is 2.41. The first-order valence-corrected chi connectivity index (χ1v) is 3.76. The van der Waals surface area contributed by atoms with Gasteiger partial charge < -0.3 is 5.11 Å². The number of hydrogen-bond acceptors (Lipinski definition) is 1. The Balaban J connectivity index is 2.39. The zero-order valence-corrected chi connectivity index (χ0v) is 6.05. The van der Waals surface area contributed by atoms with E-state index in [4.69, 9.17) is 5.11 Å². The van der Waals surface area contributed by atoms with Crippen LogP contribution in [0.3, 0.4) is 0 Å². The Morgan fingerprint density at radius 3 is 2.64 bits per heavy atom. The van der Waals surface area contributed by atoms with Crippen LogP contribution in [0, 0.1) is 5.82 Å². The summed E-state index contributed by atoms with van der Waals surface area (Å²) in [5.41, 5.74) is 0.753. The summed E-state index contributed by atoms with van der Waals surface area (Å²) >= 11 is 0. The van der Waals surface area contributed by atoms with Gasteiger partial charge in [0.05, 0.1) is 0 Å². The maximum atomic E-state index is 13.0. The van der Waals surface area contributed by atoms with Crippen LogP contribution in [0.2, 0.25) is 0 Å². The van der Waals surface area contributed by atoms with Gasteiger partial charge in [-0.25, -0.2) is 4.39 Å². The van der Waals surface area contributed by atoms with Crippen molar-refractivity contribution in [3.63, 3.8) is 0 Å². The Bertz CT molecular complexity index is 279. The van der Waals surface area contributed by atoms with Gasteiger partial charge >= 0.3 is 0 Å². The van der Waals surface area contributed by atoms with E-state index in [0.29, 0.717) is 5.92 Å². The molecule has 1 aliphatic carbocycles. The fraction of sp³-hybridized carbons (Fsp3) is 0.333. The molecular formula is C9H9FO. The van der Waals surface area contributed by atoms with Crippen LogP contribution in [-0.4, -0.2) is 5.11 Å². The average molecular weight is 152 g/mol. The molecule has 0 unspecified atom stereocenters. The number of aromatic hydroxyl groups is 1. The van der Waals surface area contributed by atoms with Crippen molar-refractivity contribution < 1.29 is 9.50 Å². The largest absolute Gasteiger partial charge is 0.508 e. The molecule has 0 aliphatic heterocycles. The molecule has 1 aliphatic rings. The first kappa shape index (κ1) is 6.65. The van der Waals surface area contributed by atoms with Crippen molar-refractivity contribution in [1.82, 2.24) is 0 Å². The van der Waals surface area contributed by atoms with Crippen LogP contribution in [0.1, 0.15) is 24.3 Å². The van der Waals surface area contributed by atoms with Gasteiger partial charge in [0.25, 0.3) is 0 Å². The van der Waals surface area contributed by atoms with E-state index in [1.807, 2.05) is 0 Å². The SMILES string of the molecule is Oc1ccc(C2CC2)c(F)c1. The van der Waals surface area contributed by atoms with Crippen LogP contribution < -0.4 is 0 Å². The molecule has 1 fully saturated rings. The minimum absolute atomic E-state index is 0.00639. The van der Waals surface area contributed by atoms with E-state index in [1.54, 1.807) is 6.07 Å². The summed E-state index contributed by atoms with van der Waals surface area (Å²) in [6.07, 6.45) is 2.17. The van der Waals surface area contributed by atoms with Gasteiger partial charge in [0, 0.05) is 6.07 Å². The number of rotatable bonds is 1. The van der Waals surface area contributed by atoms with Gasteiger partial charge in [0.2, 0.25) is 0 Å². The number of benzene rings is 1. The minimum Gasteiger partial charge on any atom is -0.508 e. The second-order valence-corrected chi connectivity index (χ2v) is 2.98. The number of halogens is 1. The Kier molecular flexibility index (Phi) is 1.34. The average Bonchev–Trinajstić information content (AvgIpc) is 2.70. The zero-order chi connectivity index (χ0) is 7.84. The molecule has 1 aromatic carbocycles. The summed E-state index contributed by atoms with van der Waals surface area (Å²) in [6.45, 7) is 0. The monoisotopic (exact) mass is 152 g/mol. The molecule has 1 aromatic rings. The number of phenols is 1. The molecule has 11 heavy (non-hydrogen) atoms. The Morgan fingerprint density at radius 2 is 2.09 bits per heavy atom. The normalized spacial score (nSPS) is 16.8. The quantitative estimate of drug-likeness (QED) is 0.655. The highest BCUT2D eigenvalue weighted by atomic mass is 19.1. The van der Waals surface area contributed by atoms with Gasteiger partial charge in [0.15, 0.2) is 0 Å². The number of phenolic OH excluding ortho intramolecular Hbond substituents is 1. The number of hydrogen-bond donors (Lipinski definition) is 1. The van der Waals surface area contributed by atoms with E-state index in [2.05, 4.69) is 0 Å². The summed E-state index contributed by atoms with van der Waals surface area (Å²) in [7, 11) is 0. The first-order chi connectivity index (χ1) is 5.27. The van der Waals surface area contributed by atoms with Crippen molar-refractivity contribution in [2.24, 2.45) is 0 Å². The molecule has 1 saturated carbocycles. The highest BCUT2D eigenvalue weighted by molar-refractivity contribution is 5.32. The molecule has 0 aromatic heterocycles. The highest BCUT2D eigenvalue weighted by Gasteiger charge is 2.26. The molecule has 0 atom stereocenters. The third kappa shape index (κ3) is 1.20. The first-order valence-electron chi connectivity index (χ1n) is 3.76. The third-order valence-corrected chi connectivity index (χ3v) is 2.00. The molecule has 0 bridgehead atoms. The van der Waals surface area contributed by atoms with Gasteiger partial charge in [-0.05, 0) is 30.4 Å². The van der Waals surface area contributed by atoms with Crippen LogP contribution in [0.25, 0.3) is 0 Å². The van der Waals surface area contributed by atoms with E-state index < -0.39 is 0 Å². The molecule has 0 amide bonds. The van der Waals surface area contributed by atoms with Crippen molar-refractivity contribution in [3.8, 4) is 5.75 Å². The zero-order valence-electron chi connectivity index (χ0n) is 6.05. The molecule has 1 nitrogen and oxygen atoms in total. The smallest absolute Gasteiger partial charge is 0.130 e. The van der Waals surface area contributed by atoms with Crippen LogP contribution in [0.4, 0.5) is 4.39 Å². The predicted molar refractivity (Wildman–Crippen MR) is 40.0 cm³/mol. The van der Waals surface area contributed by atoms with Crippen LogP contribution >= 0.6 is 0 Å². The van der Waals surface area contributed by atoms with Crippen molar-refractivity contribution >= 4 is 0 Å². The lowest BCUT2D eigenvalue weighted by atomic mass is 10.1. The van der Waals surface area contributed by atoms with Gasteiger partial charge in [-0.2, -0.15) is 0 Å². The van der Waals surface area contributed by atoms with Crippen molar-refractivity contribution in [2.75, 3.05) is 0 Å². The molecule has 1 N–H and O–H groups in total. The lowest BCUT2D eigenvalue weighted by Gasteiger charge is -1.99. The van der Waals surface area contributed by atoms with Crippen LogP contribution in [0.15, 0.2) is 18.2 Å². The standard InChI is InChI=1S/C9H9FO/c10-9-5-7(11)3-4-8(9)6-1-2-6/h3-6,11H,1-2H2. The molecular weight excluding hydrogens is 143 g/mol. The van der Waals surface area contributed by atoms with E-state index >= 15 is 0 Å². The fourth-order valence-corrected chi connectivity index (χ4v) is 1.24. The van der Waals surface area contributed by atoms with E-state index in [9.17, 15) is 4.39 Å². The van der Waals surface area contributed by atoms with Crippen molar-refractivity contribution in [1.29, 1.82) is 0 Å². The molecule has 0 heterocycles. The van der Waals surface area contributed by atoms with Crippen molar-refractivity contribution in [3.05, 3.63) is 29.6 Å². The van der Waals surface area contributed by atoms with E-state index in [-0.39, 0.29) is 11.6 Å². The molecule has 0 radical (unpaired) electrons. The van der Waals surface area contributed by atoms with E-state index in [0.717, 1.165) is 18.4 Å². The second-order valence-electron chi connectivity index (χ2n) is 2.98. The molecule has 2 heteroatoms. The topological polar surface area (TPSA) is 20.2 Å². The summed E-state index contributed by atoms with van der Waals surface area (Å²) in [5.74, 6) is 0.148. The lowest BCUT2D eigenvalue weighted by molar-refractivity contribution is 0.468. The summed E-state index contributed by atoms with van der Waals surface area (Å²) in [6, 6.07) is 4.38. The van der Waals surface area contributed by atoms with Gasteiger partial charge in [-0.15, -0.1) is 0 Å². The lowest BCUT2D eigenvalue weighted by Crippen LogP contribution is -1.84. The van der Waals surface area contributed by atoms with Crippen LogP contribution in [-0.2, 0) is 0 Å². The summed E-state index contributed by atoms with van der Waals surface area (Å²) in [5, 5.41) is 8.90. The minimum atomic E-state index is -0.271. The Labute approximate surface area is 64.5 Å². The maximum Gasteiger partial charge on any atom is 0.130 e.